The summed E-state index contributed by atoms with van der Waals surface area (Å²) in [6.07, 6.45) is -1.02. The molecule has 2 heterocycles. The van der Waals surface area contributed by atoms with Crippen molar-refractivity contribution >= 4 is 20.9 Å². The molecule has 186 valence electrons. The molecule has 1 aromatic carbocycles. The molecule has 1 N–H and O–H groups in total. The van der Waals surface area contributed by atoms with E-state index in [1.54, 1.807) is 17.7 Å². The summed E-state index contributed by atoms with van der Waals surface area (Å²) in [4.78, 5) is 4.01. The van der Waals surface area contributed by atoms with Gasteiger partial charge < -0.3 is 4.57 Å². The molecule has 0 amide bonds. The van der Waals surface area contributed by atoms with Crippen LogP contribution in [0.4, 0.5) is 17.6 Å². The summed E-state index contributed by atoms with van der Waals surface area (Å²) in [6.45, 7) is 3.74. The van der Waals surface area contributed by atoms with Crippen LogP contribution >= 0.6 is 0 Å². The van der Waals surface area contributed by atoms with Crippen molar-refractivity contribution in [3.05, 3.63) is 46.9 Å². The van der Waals surface area contributed by atoms with Crippen LogP contribution in [0, 0.1) is 31.0 Å². The highest BCUT2D eigenvalue weighted by molar-refractivity contribution is 7.89. The number of pyridine rings is 1. The minimum atomic E-state index is -4.74. The third-order valence-electron chi connectivity index (χ3n) is 6.48. The van der Waals surface area contributed by atoms with Gasteiger partial charge in [0.15, 0.2) is 0 Å². The zero-order chi connectivity index (χ0) is 25.7. The number of sulfonamides is 1. The van der Waals surface area contributed by atoms with Crippen molar-refractivity contribution in [1.82, 2.24) is 14.3 Å². The van der Waals surface area contributed by atoms with E-state index in [9.17, 15) is 31.2 Å². The Bertz CT molecular complexity index is 1450. The Labute approximate surface area is 200 Å². The van der Waals surface area contributed by atoms with Gasteiger partial charge in [0.05, 0.1) is 28.2 Å². The van der Waals surface area contributed by atoms with Crippen LogP contribution in [0.5, 0.6) is 0 Å². The van der Waals surface area contributed by atoms with Crippen LogP contribution in [0.3, 0.4) is 0 Å². The number of halogens is 4. The van der Waals surface area contributed by atoms with Gasteiger partial charge in [-0.25, -0.2) is 12.8 Å². The topological polar surface area (TPSA) is 87.8 Å². The predicted molar refractivity (Wildman–Crippen MR) is 123 cm³/mol. The van der Waals surface area contributed by atoms with Gasteiger partial charge in [0.25, 0.3) is 0 Å². The van der Waals surface area contributed by atoms with Crippen LogP contribution < -0.4 is 4.72 Å². The first-order valence-corrected chi connectivity index (χ1v) is 12.6. The van der Waals surface area contributed by atoms with Gasteiger partial charge in [-0.15, -0.1) is 0 Å². The molecule has 1 fully saturated rings. The first kappa shape index (κ1) is 25.1. The Morgan fingerprint density at radius 2 is 1.86 bits per heavy atom. The molecular weight excluding hydrogens is 484 g/mol. The average molecular weight is 509 g/mol. The highest BCUT2D eigenvalue weighted by atomic mass is 32.2. The number of rotatable bonds is 5. The summed E-state index contributed by atoms with van der Waals surface area (Å²) in [5.41, 5.74) is 2.07. The van der Waals surface area contributed by atoms with Gasteiger partial charge in [0, 0.05) is 11.4 Å². The van der Waals surface area contributed by atoms with Crippen molar-refractivity contribution in [1.29, 1.82) is 5.26 Å². The van der Waals surface area contributed by atoms with Crippen LogP contribution in [0.1, 0.15) is 55.5 Å². The molecule has 0 unspecified atom stereocenters. The first-order chi connectivity index (χ1) is 16.3. The maximum absolute atomic E-state index is 14.4. The Hall–Kier alpha value is -2.97. The van der Waals surface area contributed by atoms with E-state index in [2.05, 4.69) is 11.1 Å². The minimum absolute atomic E-state index is 0.0150. The van der Waals surface area contributed by atoms with Gasteiger partial charge in [-0.05, 0) is 63.4 Å². The maximum atomic E-state index is 14.4. The summed E-state index contributed by atoms with van der Waals surface area (Å²) in [5.74, 6) is -0.445. The third kappa shape index (κ3) is 4.52. The quantitative estimate of drug-likeness (QED) is 0.450. The lowest BCUT2D eigenvalue weighted by Crippen LogP contribution is -2.43. The molecule has 6 nitrogen and oxygen atoms in total. The molecule has 0 bridgehead atoms. The highest BCUT2D eigenvalue weighted by Gasteiger charge is 2.39. The normalized spacial score (nSPS) is 16.1. The summed E-state index contributed by atoms with van der Waals surface area (Å²) < 4.78 is 82.0. The van der Waals surface area contributed by atoms with Gasteiger partial charge in [-0.1, -0.05) is 12.8 Å². The van der Waals surface area contributed by atoms with Gasteiger partial charge >= 0.3 is 6.18 Å². The van der Waals surface area contributed by atoms with Crippen molar-refractivity contribution < 1.29 is 26.0 Å². The number of hydrogen-bond donors (Lipinski definition) is 1. The zero-order valence-corrected chi connectivity index (χ0v) is 20.2. The average Bonchev–Trinajstić information content (AvgIpc) is 3.38. The number of nitriles is 1. The molecule has 1 saturated carbocycles. The molecule has 11 heteroatoms. The van der Waals surface area contributed by atoms with E-state index in [0.717, 1.165) is 32.6 Å². The Morgan fingerprint density at radius 3 is 2.43 bits per heavy atom. The summed E-state index contributed by atoms with van der Waals surface area (Å²) >= 11 is 0. The van der Waals surface area contributed by atoms with E-state index in [4.69, 9.17) is 0 Å². The van der Waals surface area contributed by atoms with Crippen molar-refractivity contribution in [3.8, 4) is 17.5 Å². The van der Waals surface area contributed by atoms with Crippen LogP contribution in [0.15, 0.2) is 29.2 Å². The number of fused-ring (bicyclic) bond motifs is 1. The molecule has 1 aliphatic carbocycles. The molecule has 35 heavy (non-hydrogen) atoms. The third-order valence-corrected chi connectivity index (χ3v) is 8.15. The molecule has 2 aromatic heterocycles. The maximum Gasteiger partial charge on any atom is 0.404 e. The minimum Gasteiger partial charge on any atom is -0.335 e. The largest absolute Gasteiger partial charge is 0.404 e. The molecule has 0 aliphatic heterocycles. The summed E-state index contributed by atoms with van der Waals surface area (Å²) in [6, 6.07) is 5.52. The zero-order valence-electron chi connectivity index (χ0n) is 19.4. The molecule has 1 atom stereocenters. The fourth-order valence-electron chi connectivity index (χ4n) is 4.67. The number of aryl methyl sites for hydroxylation is 2. The monoisotopic (exact) mass is 508 g/mol. The molecule has 0 spiro atoms. The van der Waals surface area contributed by atoms with E-state index in [1.165, 1.54) is 25.1 Å². The number of alkyl halides is 3. The van der Waals surface area contributed by atoms with Crippen LogP contribution in [0.2, 0.25) is 0 Å². The van der Waals surface area contributed by atoms with Gasteiger partial charge in [-0.2, -0.15) is 23.2 Å². The second kappa shape index (κ2) is 8.91. The van der Waals surface area contributed by atoms with Gasteiger partial charge in [0.1, 0.15) is 22.8 Å². The number of benzene rings is 1. The molecule has 4 rings (SSSR count). The van der Waals surface area contributed by atoms with Crippen molar-refractivity contribution in [2.24, 2.45) is 0 Å². The van der Waals surface area contributed by atoms with E-state index in [1.807, 2.05) is 4.57 Å². The fourth-order valence-corrected chi connectivity index (χ4v) is 6.08. The second-order valence-electron chi connectivity index (χ2n) is 8.93. The molecular formula is C24H24F4N4O2S. The standard InChI is InChI=1S/C24H24F4N4O2S/c1-13-10-21-17(11-19(13)25)18(12-29)23(32(21)16-6-4-5-7-16)20-8-9-22(14(2)30-20)35(33,34)31-15(3)24(26,27)28/h8-11,15-16,31H,4-7H2,1-3H3/t15-/m0/s1. The second-order valence-corrected chi connectivity index (χ2v) is 10.6. The Morgan fingerprint density at radius 1 is 1.20 bits per heavy atom. The number of nitrogens with one attached hydrogen (secondary N) is 1. The molecule has 1 aliphatic rings. The fraction of sp³-hybridized carbons (Fsp3) is 0.417. The van der Waals surface area contributed by atoms with E-state index < -0.39 is 28.1 Å². The van der Waals surface area contributed by atoms with Gasteiger partial charge in [0.2, 0.25) is 10.0 Å². The lowest BCUT2D eigenvalue weighted by molar-refractivity contribution is -0.147. The lowest BCUT2D eigenvalue weighted by Gasteiger charge is -2.20. The van der Waals surface area contributed by atoms with E-state index >= 15 is 0 Å². The smallest absolute Gasteiger partial charge is 0.335 e. The Kier molecular flexibility index (Phi) is 6.40. The SMILES string of the molecule is Cc1cc2c(cc1F)c(C#N)c(-c1ccc(S(=O)(=O)N[C@@H](C)C(F)(F)F)c(C)n1)n2C1CCCC1. The van der Waals surface area contributed by atoms with Crippen molar-refractivity contribution in [2.45, 2.75) is 69.6 Å². The van der Waals surface area contributed by atoms with Gasteiger partial charge in [-0.3, -0.25) is 4.98 Å². The Balaban J connectivity index is 1.89. The molecule has 3 aromatic rings. The lowest BCUT2D eigenvalue weighted by atomic mass is 10.1. The summed E-state index contributed by atoms with van der Waals surface area (Å²) in [5, 5.41) is 10.4. The first-order valence-electron chi connectivity index (χ1n) is 11.2. The number of nitrogens with zero attached hydrogens (tertiary/aromatic N) is 3. The molecule has 0 radical (unpaired) electrons. The van der Waals surface area contributed by atoms with Crippen molar-refractivity contribution in [3.63, 3.8) is 0 Å². The van der Waals surface area contributed by atoms with Crippen LogP contribution in [-0.4, -0.2) is 30.2 Å². The van der Waals surface area contributed by atoms with Crippen molar-refractivity contribution in [2.75, 3.05) is 0 Å². The van der Waals surface area contributed by atoms with E-state index in [-0.39, 0.29) is 22.2 Å². The highest BCUT2D eigenvalue weighted by Crippen LogP contribution is 2.41. The van der Waals surface area contributed by atoms with E-state index in [0.29, 0.717) is 27.9 Å². The predicted octanol–water partition coefficient (Wildman–Crippen LogP) is 5.68. The summed E-state index contributed by atoms with van der Waals surface area (Å²) in [7, 11) is -4.50. The molecule has 0 saturated heterocycles. The number of hydrogen-bond acceptors (Lipinski definition) is 4. The number of aromatic nitrogens is 2. The van der Waals surface area contributed by atoms with Crippen LogP contribution in [-0.2, 0) is 10.0 Å². The van der Waals surface area contributed by atoms with Crippen LogP contribution in [0.25, 0.3) is 22.3 Å².